The van der Waals surface area contributed by atoms with E-state index in [1.54, 1.807) is 11.0 Å². The third-order valence-electron chi connectivity index (χ3n) is 4.18. The zero-order valence-electron chi connectivity index (χ0n) is 13.0. The molecule has 0 saturated carbocycles. The molecule has 118 valence electrons. The van der Waals surface area contributed by atoms with Gasteiger partial charge >= 0.3 is 0 Å². The maximum Gasteiger partial charge on any atom is 0.293 e. The summed E-state index contributed by atoms with van der Waals surface area (Å²) < 4.78 is 0. The molecule has 0 N–H and O–H groups in total. The molecule has 0 radical (unpaired) electrons. The number of aryl methyl sites for hydroxylation is 2. The number of carbonyl (C=O) groups excluding carboxylic acids is 1. The highest BCUT2D eigenvalue weighted by Gasteiger charge is 2.31. The molecule has 0 bridgehead atoms. The van der Waals surface area contributed by atoms with E-state index in [0.29, 0.717) is 31.5 Å². The van der Waals surface area contributed by atoms with Gasteiger partial charge in [0.1, 0.15) is 5.69 Å². The molecule has 0 atom stereocenters. The van der Waals surface area contributed by atoms with Crippen LogP contribution < -0.4 is 4.90 Å². The molecular formula is C18H18N2O3. The fraction of sp³-hybridized carbons (Fsp3) is 0.278. The van der Waals surface area contributed by atoms with E-state index in [1.165, 1.54) is 6.07 Å². The van der Waals surface area contributed by atoms with Crippen LogP contribution in [0.25, 0.3) is 0 Å². The Balaban J connectivity index is 1.77. The minimum atomic E-state index is -0.412. The van der Waals surface area contributed by atoms with Crippen molar-refractivity contribution in [1.82, 2.24) is 0 Å². The second-order valence-corrected chi connectivity index (χ2v) is 5.83. The number of carbonyl (C=O) groups is 1. The maximum atomic E-state index is 12.5. The van der Waals surface area contributed by atoms with Gasteiger partial charge < -0.3 is 4.90 Å². The van der Waals surface area contributed by atoms with Crippen molar-refractivity contribution in [3.8, 4) is 0 Å². The van der Waals surface area contributed by atoms with Crippen molar-refractivity contribution in [3.63, 3.8) is 0 Å². The summed E-state index contributed by atoms with van der Waals surface area (Å²) in [4.78, 5) is 24.9. The lowest BCUT2D eigenvalue weighted by atomic mass is 10.1. The van der Waals surface area contributed by atoms with Gasteiger partial charge in [-0.2, -0.15) is 0 Å². The van der Waals surface area contributed by atoms with Crippen LogP contribution in [0, 0.1) is 17.0 Å². The number of hydrogen-bond acceptors (Lipinski definition) is 3. The predicted molar refractivity (Wildman–Crippen MR) is 88.7 cm³/mol. The van der Waals surface area contributed by atoms with Crippen LogP contribution in [0.2, 0.25) is 0 Å². The summed E-state index contributed by atoms with van der Waals surface area (Å²) in [6.45, 7) is 2.54. The highest BCUT2D eigenvalue weighted by molar-refractivity contribution is 5.98. The quantitative estimate of drug-likeness (QED) is 0.642. The Kier molecular flexibility index (Phi) is 4.10. The molecule has 1 amide bonds. The molecule has 0 saturated heterocycles. The van der Waals surface area contributed by atoms with E-state index in [-0.39, 0.29) is 11.6 Å². The second-order valence-electron chi connectivity index (χ2n) is 5.83. The third kappa shape index (κ3) is 3.08. The standard InChI is InChI=1S/C18H18N2O3/c1-13-4-2-5-14(12-13)8-9-17(21)19-11-10-15-6-3-7-16(18(15)19)20(22)23/h2-7,12H,8-11H2,1H3. The minimum absolute atomic E-state index is 0.0175. The molecule has 0 unspecified atom stereocenters. The van der Waals surface area contributed by atoms with Crippen LogP contribution >= 0.6 is 0 Å². The molecule has 2 aromatic carbocycles. The lowest BCUT2D eigenvalue weighted by Gasteiger charge is -2.17. The van der Waals surface area contributed by atoms with E-state index >= 15 is 0 Å². The Hall–Kier alpha value is -2.69. The first kappa shape index (κ1) is 15.2. The molecule has 5 nitrogen and oxygen atoms in total. The van der Waals surface area contributed by atoms with Crippen LogP contribution in [0.15, 0.2) is 42.5 Å². The Morgan fingerprint density at radius 2 is 2.04 bits per heavy atom. The van der Waals surface area contributed by atoms with Gasteiger partial charge in [0.15, 0.2) is 0 Å². The van der Waals surface area contributed by atoms with Gasteiger partial charge in [0.25, 0.3) is 5.69 Å². The summed E-state index contributed by atoms with van der Waals surface area (Å²) in [5, 5.41) is 11.2. The number of para-hydroxylation sites is 1. The number of amides is 1. The van der Waals surface area contributed by atoms with Crippen LogP contribution in [-0.4, -0.2) is 17.4 Å². The van der Waals surface area contributed by atoms with E-state index in [0.717, 1.165) is 16.7 Å². The van der Waals surface area contributed by atoms with Gasteiger partial charge in [0, 0.05) is 19.0 Å². The van der Waals surface area contributed by atoms with Gasteiger partial charge in [-0.1, -0.05) is 42.0 Å². The number of fused-ring (bicyclic) bond motifs is 1. The fourth-order valence-corrected chi connectivity index (χ4v) is 3.09. The molecular weight excluding hydrogens is 292 g/mol. The molecule has 3 rings (SSSR count). The number of nitro groups is 1. The molecule has 2 aromatic rings. The second kappa shape index (κ2) is 6.20. The summed E-state index contributed by atoms with van der Waals surface area (Å²) in [5.41, 5.74) is 3.65. The lowest BCUT2D eigenvalue weighted by Crippen LogP contribution is -2.29. The van der Waals surface area contributed by atoms with Crippen LogP contribution in [0.1, 0.15) is 23.1 Å². The normalized spacial score (nSPS) is 13.0. The zero-order chi connectivity index (χ0) is 16.4. The van der Waals surface area contributed by atoms with Gasteiger partial charge in [-0.15, -0.1) is 0 Å². The number of nitrogens with zero attached hydrogens (tertiary/aromatic N) is 2. The monoisotopic (exact) mass is 310 g/mol. The molecule has 0 aliphatic carbocycles. The van der Waals surface area contributed by atoms with Gasteiger partial charge in [-0.05, 0) is 30.9 Å². The topological polar surface area (TPSA) is 63.5 Å². The molecule has 0 aromatic heterocycles. The Labute approximate surface area is 134 Å². The molecule has 5 heteroatoms. The number of benzene rings is 2. The number of nitro benzene ring substituents is 1. The van der Waals surface area contributed by atoms with Gasteiger partial charge in [0.05, 0.1) is 4.92 Å². The first-order chi connectivity index (χ1) is 11.1. The highest BCUT2D eigenvalue weighted by atomic mass is 16.6. The van der Waals surface area contributed by atoms with E-state index in [1.807, 2.05) is 31.2 Å². The first-order valence-electron chi connectivity index (χ1n) is 7.68. The summed E-state index contributed by atoms with van der Waals surface area (Å²) in [6.07, 6.45) is 1.68. The largest absolute Gasteiger partial charge is 0.306 e. The van der Waals surface area contributed by atoms with Crippen LogP contribution in [0.3, 0.4) is 0 Å². The number of anilines is 1. The van der Waals surface area contributed by atoms with Crippen molar-refractivity contribution in [1.29, 1.82) is 0 Å². The number of rotatable bonds is 4. The lowest BCUT2D eigenvalue weighted by molar-refractivity contribution is -0.384. The summed E-state index contributed by atoms with van der Waals surface area (Å²) >= 11 is 0. The SMILES string of the molecule is Cc1cccc(CCC(=O)N2CCc3cccc([N+](=O)[O-])c32)c1. The Morgan fingerprint density at radius 1 is 1.26 bits per heavy atom. The summed E-state index contributed by atoms with van der Waals surface area (Å²) in [6, 6.07) is 13.1. The van der Waals surface area contributed by atoms with Crippen molar-refractivity contribution in [2.45, 2.75) is 26.2 Å². The first-order valence-corrected chi connectivity index (χ1v) is 7.68. The summed E-state index contributed by atoms with van der Waals surface area (Å²) in [7, 11) is 0. The summed E-state index contributed by atoms with van der Waals surface area (Å²) in [5.74, 6) is -0.0560. The van der Waals surface area contributed by atoms with E-state index in [9.17, 15) is 14.9 Å². The van der Waals surface area contributed by atoms with Gasteiger partial charge in [-0.3, -0.25) is 14.9 Å². The molecule has 1 aliphatic rings. The van der Waals surface area contributed by atoms with Crippen molar-refractivity contribution in [3.05, 3.63) is 69.3 Å². The third-order valence-corrected chi connectivity index (χ3v) is 4.18. The molecule has 0 spiro atoms. The zero-order valence-corrected chi connectivity index (χ0v) is 13.0. The van der Waals surface area contributed by atoms with Crippen molar-refractivity contribution >= 4 is 17.3 Å². The molecule has 1 aliphatic heterocycles. The Bertz CT molecular complexity index is 771. The van der Waals surface area contributed by atoms with Crippen molar-refractivity contribution < 1.29 is 9.72 Å². The van der Waals surface area contributed by atoms with Crippen molar-refractivity contribution in [2.75, 3.05) is 11.4 Å². The predicted octanol–water partition coefficient (Wildman–Crippen LogP) is 3.43. The average Bonchev–Trinajstić information content (AvgIpc) is 2.96. The smallest absolute Gasteiger partial charge is 0.293 e. The molecule has 23 heavy (non-hydrogen) atoms. The minimum Gasteiger partial charge on any atom is -0.306 e. The number of hydrogen-bond donors (Lipinski definition) is 0. The Morgan fingerprint density at radius 3 is 2.78 bits per heavy atom. The highest BCUT2D eigenvalue weighted by Crippen LogP contribution is 2.37. The van der Waals surface area contributed by atoms with Crippen molar-refractivity contribution in [2.24, 2.45) is 0 Å². The van der Waals surface area contributed by atoms with Gasteiger partial charge in [0.2, 0.25) is 5.91 Å². The van der Waals surface area contributed by atoms with Crippen LogP contribution in [-0.2, 0) is 17.6 Å². The fourth-order valence-electron chi connectivity index (χ4n) is 3.09. The van der Waals surface area contributed by atoms with Crippen LogP contribution in [0.5, 0.6) is 0 Å². The maximum absolute atomic E-state index is 12.5. The van der Waals surface area contributed by atoms with E-state index in [2.05, 4.69) is 6.07 Å². The van der Waals surface area contributed by atoms with Gasteiger partial charge in [-0.25, -0.2) is 0 Å². The van der Waals surface area contributed by atoms with E-state index < -0.39 is 4.92 Å². The van der Waals surface area contributed by atoms with E-state index in [4.69, 9.17) is 0 Å². The molecule has 1 heterocycles. The molecule has 0 fully saturated rings. The van der Waals surface area contributed by atoms with Crippen LogP contribution in [0.4, 0.5) is 11.4 Å². The average molecular weight is 310 g/mol.